The first-order chi connectivity index (χ1) is 16.0. The average molecular weight is 462 g/mol. The number of carbonyl (C=O) groups is 3. The summed E-state index contributed by atoms with van der Waals surface area (Å²) in [4.78, 5) is 40.0. The third-order valence-corrected chi connectivity index (χ3v) is 5.97. The van der Waals surface area contributed by atoms with Gasteiger partial charge in [0.25, 0.3) is 0 Å². The number of Topliss-reactive ketones (excluding diaryl/α,β-unsaturated/α-hetero) is 2. The minimum absolute atomic E-state index is 0.119. The number of hydrogen-bond donors (Lipinski definition) is 1. The lowest BCUT2D eigenvalue weighted by atomic mass is 10.0. The zero-order valence-electron chi connectivity index (χ0n) is 20.8. The molecule has 0 saturated heterocycles. The molecule has 0 spiro atoms. The molecule has 3 rings (SSSR count). The molecule has 7 nitrogen and oxygen atoms in total. The molecule has 2 aromatic heterocycles. The first kappa shape index (κ1) is 24.9. The van der Waals surface area contributed by atoms with Crippen molar-refractivity contribution in [3.05, 3.63) is 80.9 Å². The summed E-state index contributed by atoms with van der Waals surface area (Å²) in [6, 6.07) is 8.28. The van der Waals surface area contributed by atoms with E-state index >= 15 is 0 Å². The normalized spacial score (nSPS) is 12.2. The van der Waals surface area contributed by atoms with E-state index < -0.39 is 12.1 Å². The highest BCUT2D eigenvalue weighted by molar-refractivity contribution is 6.05. The zero-order chi connectivity index (χ0) is 25.2. The Bertz CT molecular complexity index is 1280. The number of benzene rings is 1. The van der Waals surface area contributed by atoms with E-state index in [9.17, 15) is 14.4 Å². The number of ether oxygens (including phenoxy) is 1. The maximum atomic E-state index is 12.8. The van der Waals surface area contributed by atoms with E-state index in [1.54, 1.807) is 19.9 Å². The van der Waals surface area contributed by atoms with Crippen LogP contribution < -0.4 is 0 Å². The maximum absolute atomic E-state index is 12.8. The zero-order valence-corrected chi connectivity index (χ0v) is 20.8. The van der Waals surface area contributed by atoms with Gasteiger partial charge in [-0.2, -0.15) is 5.10 Å². The molecule has 0 bridgehead atoms. The summed E-state index contributed by atoms with van der Waals surface area (Å²) in [6.07, 6.45) is 1.98. The number of rotatable bonds is 8. The van der Waals surface area contributed by atoms with Crippen molar-refractivity contribution < 1.29 is 19.1 Å². The number of nitrogens with zero attached hydrogens (tertiary/aromatic N) is 2. The Labute approximate surface area is 199 Å². The van der Waals surface area contributed by atoms with Crippen LogP contribution in [0.5, 0.6) is 0 Å². The fraction of sp³-hybridized carbons (Fsp3) is 0.333. The van der Waals surface area contributed by atoms with Gasteiger partial charge in [-0.15, -0.1) is 0 Å². The average Bonchev–Trinajstić information content (AvgIpc) is 3.21. The molecule has 2 heterocycles. The SMILES string of the molecule is CC(=O)c1c(C)[nH]c(C(=O)C(C)OC(=O)/C=C/c2c(C)nn(Cc3ccc(C)cc3)c2C)c1C. The van der Waals surface area contributed by atoms with Gasteiger partial charge >= 0.3 is 5.97 Å². The minimum Gasteiger partial charge on any atom is -0.451 e. The van der Waals surface area contributed by atoms with Gasteiger partial charge in [-0.3, -0.25) is 14.3 Å². The predicted octanol–water partition coefficient (Wildman–Crippen LogP) is 4.83. The Hall–Kier alpha value is -3.74. The number of ketones is 2. The number of aryl methyl sites for hydroxylation is 3. The van der Waals surface area contributed by atoms with Crippen LogP contribution in [0.2, 0.25) is 0 Å². The highest BCUT2D eigenvalue weighted by atomic mass is 16.5. The summed E-state index contributed by atoms with van der Waals surface area (Å²) in [5.74, 6) is -1.13. The molecule has 1 atom stereocenters. The van der Waals surface area contributed by atoms with Crippen LogP contribution in [0.1, 0.15) is 74.0 Å². The van der Waals surface area contributed by atoms with Crippen molar-refractivity contribution in [3.63, 3.8) is 0 Å². The molecule has 0 aliphatic carbocycles. The Morgan fingerprint density at radius 2 is 1.74 bits per heavy atom. The largest absolute Gasteiger partial charge is 0.451 e. The topological polar surface area (TPSA) is 94.0 Å². The first-order valence-electron chi connectivity index (χ1n) is 11.2. The van der Waals surface area contributed by atoms with E-state index in [1.165, 1.54) is 25.5 Å². The van der Waals surface area contributed by atoms with Crippen LogP contribution in [0.4, 0.5) is 0 Å². The number of hydrogen-bond acceptors (Lipinski definition) is 5. The van der Waals surface area contributed by atoms with Gasteiger partial charge in [0.15, 0.2) is 11.9 Å². The minimum atomic E-state index is -1.000. The Balaban J connectivity index is 1.69. The third-order valence-electron chi connectivity index (χ3n) is 5.97. The number of esters is 1. The van der Waals surface area contributed by atoms with Gasteiger partial charge in [0.1, 0.15) is 0 Å². The number of H-pyrrole nitrogens is 1. The van der Waals surface area contributed by atoms with Crippen molar-refractivity contribution in [2.24, 2.45) is 0 Å². The molecular weight excluding hydrogens is 430 g/mol. The van der Waals surface area contributed by atoms with Gasteiger partial charge in [0, 0.05) is 28.6 Å². The molecule has 1 unspecified atom stereocenters. The lowest BCUT2D eigenvalue weighted by Gasteiger charge is -2.10. The second-order valence-electron chi connectivity index (χ2n) is 8.69. The Kier molecular flexibility index (Phi) is 7.35. The van der Waals surface area contributed by atoms with Crippen LogP contribution in [0.25, 0.3) is 6.08 Å². The van der Waals surface area contributed by atoms with Crippen LogP contribution >= 0.6 is 0 Å². The van der Waals surface area contributed by atoms with Gasteiger partial charge in [0.05, 0.1) is 17.9 Å². The molecule has 0 saturated carbocycles. The lowest BCUT2D eigenvalue weighted by Crippen LogP contribution is -2.24. The maximum Gasteiger partial charge on any atom is 0.331 e. The summed E-state index contributed by atoms with van der Waals surface area (Å²) >= 11 is 0. The lowest BCUT2D eigenvalue weighted by molar-refractivity contribution is -0.140. The van der Waals surface area contributed by atoms with E-state index in [2.05, 4.69) is 34.3 Å². The second kappa shape index (κ2) is 10.0. The molecule has 0 fully saturated rings. The van der Waals surface area contributed by atoms with Crippen molar-refractivity contribution in [1.29, 1.82) is 0 Å². The van der Waals surface area contributed by atoms with Gasteiger partial charge in [-0.05, 0) is 65.7 Å². The molecule has 178 valence electrons. The molecular formula is C27H31N3O4. The van der Waals surface area contributed by atoms with Crippen LogP contribution in [0, 0.1) is 34.6 Å². The van der Waals surface area contributed by atoms with Crippen molar-refractivity contribution in [3.8, 4) is 0 Å². The molecule has 0 radical (unpaired) electrons. The predicted molar refractivity (Wildman–Crippen MR) is 131 cm³/mol. The summed E-state index contributed by atoms with van der Waals surface area (Å²) in [5.41, 5.74) is 6.89. The van der Waals surface area contributed by atoms with Gasteiger partial charge in [-0.25, -0.2) is 4.79 Å². The third kappa shape index (κ3) is 5.25. The first-order valence-corrected chi connectivity index (χ1v) is 11.2. The van der Waals surface area contributed by atoms with E-state index in [0.717, 1.165) is 22.5 Å². The highest BCUT2D eigenvalue weighted by Gasteiger charge is 2.25. The standard InChI is InChI=1S/C27H31N3O4/c1-15-8-10-22(11-9-15)14-30-19(5)23(17(3)29-30)12-13-24(32)34-21(7)27(33)26-16(2)25(20(6)31)18(4)28-26/h8-13,21,28H,14H2,1-7H3/b13-12+. The highest BCUT2D eigenvalue weighted by Crippen LogP contribution is 2.21. The molecule has 0 amide bonds. The van der Waals surface area contributed by atoms with Gasteiger partial charge in [0.2, 0.25) is 5.78 Å². The molecule has 0 aliphatic rings. The van der Waals surface area contributed by atoms with Gasteiger partial charge < -0.3 is 9.72 Å². The van der Waals surface area contributed by atoms with Crippen molar-refractivity contribution in [2.45, 2.75) is 61.1 Å². The number of nitrogens with one attached hydrogen (secondary N) is 1. The second-order valence-corrected chi connectivity index (χ2v) is 8.69. The van der Waals surface area contributed by atoms with E-state index in [-0.39, 0.29) is 17.3 Å². The number of carbonyl (C=O) groups excluding carboxylic acids is 3. The molecule has 1 N–H and O–H groups in total. The molecule has 34 heavy (non-hydrogen) atoms. The molecule has 0 aliphatic heterocycles. The van der Waals surface area contributed by atoms with Crippen LogP contribution in [-0.4, -0.2) is 38.4 Å². The summed E-state index contributed by atoms with van der Waals surface area (Å²) in [7, 11) is 0. The number of aromatic amines is 1. The fourth-order valence-corrected chi connectivity index (χ4v) is 4.12. The Morgan fingerprint density at radius 1 is 1.09 bits per heavy atom. The number of aromatic nitrogens is 3. The molecule has 7 heteroatoms. The van der Waals surface area contributed by atoms with Gasteiger partial charge in [-0.1, -0.05) is 29.8 Å². The summed E-state index contributed by atoms with van der Waals surface area (Å²) in [6.45, 7) is 12.9. The smallest absolute Gasteiger partial charge is 0.331 e. The fourth-order valence-electron chi connectivity index (χ4n) is 4.12. The van der Waals surface area contributed by atoms with Crippen LogP contribution in [0.3, 0.4) is 0 Å². The Morgan fingerprint density at radius 3 is 2.32 bits per heavy atom. The van der Waals surface area contributed by atoms with Crippen molar-refractivity contribution in [2.75, 3.05) is 0 Å². The van der Waals surface area contributed by atoms with Crippen molar-refractivity contribution in [1.82, 2.24) is 14.8 Å². The van der Waals surface area contributed by atoms with E-state index in [4.69, 9.17) is 4.74 Å². The van der Waals surface area contributed by atoms with Crippen molar-refractivity contribution >= 4 is 23.6 Å². The summed E-state index contributed by atoms with van der Waals surface area (Å²) < 4.78 is 7.24. The van der Waals surface area contributed by atoms with Crippen LogP contribution in [-0.2, 0) is 16.1 Å². The molecule has 1 aromatic carbocycles. The summed E-state index contributed by atoms with van der Waals surface area (Å²) in [5, 5.41) is 4.60. The monoisotopic (exact) mass is 461 g/mol. The van der Waals surface area contributed by atoms with Crippen LogP contribution in [0.15, 0.2) is 30.3 Å². The quantitative estimate of drug-likeness (QED) is 0.295. The van der Waals surface area contributed by atoms with E-state index in [1.807, 2.05) is 25.5 Å². The molecule has 3 aromatic rings. The van der Waals surface area contributed by atoms with E-state index in [0.29, 0.717) is 23.4 Å².